The van der Waals surface area contributed by atoms with Crippen molar-refractivity contribution in [3.05, 3.63) is 71.5 Å². The van der Waals surface area contributed by atoms with Gasteiger partial charge in [-0.15, -0.1) is 0 Å². The lowest BCUT2D eigenvalue weighted by Crippen LogP contribution is -2.30. The van der Waals surface area contributed by atoms with E-state index < -0.39 is 0 Å². The van der Waals surface area contributed by atoms with E-state index in [-0.39, 0.29) is 0 Å². The van der Waals surface area contributed by atoms with Crippen LogP contribution in [0, 0.1) is 0 Å². The number of nitrogens with zero attached hydrogens (tertiary/aromatic N) is 2. The molecule has 0 amide bonds. The van der Waals surface area contributed by atoms with Gasteiger partial charge in [0.25, 0.3) is 0 Å². The largest absolute Gasteiger partial charge is 0.493 e. The molecule has 0 unspecified atom stereocenters. The Labute approximate surface area is 187 Å². The Morgan fingerprint density at radius 3 is 2.31 bits per heavy atom. The fourth-order valence-corrected chi connectivity index (χ4v) is 4.42. The topological polar surface area (TPSA) is 57.0 Å². The number of pyridine rings is 1. The molecule has 1 aliphatic heterocycles. The van der Waals surface area contributed by atoms with Crippen molar-refractivity contribution in [3.8, 4) is 28.6 Å². The number of benzene rings is 2. The zero-order valence-electron chi connectivity index (χ0n) is 18.6. The van der Waals surface area contributed by atoms with Gasteiger partial charge in [-0.1, -0.05) is 0 Å². The molecule has 0 saturated heterocycles. The summed E-state index contributed by atoms with van der Waals surface area (Å²) in [6.07, 6.45) is 4.51. The van der Waals surface area contributed by atoms with Crippen LogP contribution in [-0.2, 0) is 19.5 Å². The zero-order valence-corrected chi connectivity index (χ0v) is 18.6. The number of fused-ring (bicyclic) bond motifs is 2. The molecule has 1 aliphatic rings. The second-order valence-electron chi connectivity index (χ2n) is 8.00. The molecule has 0 spiro atoms. The van der Waals surface area contributed by atoms with Gasteiger partial charge in [-0.05, 0) is 65.6 Å². The van der Waals surface area contributed by atoms with Crippen LogP contribution in [0.4, 0.5) is 0 Å². The van der Waals surface area contributed by atoms with Crippen LogP contribution in [-0.4, -0.2) is 37.8 Å². The summed E-state index contributed by atoms with van der Waals surface area (Å²) in [6.45, 7) is 2.68. The number of ether oxygens (including phenoxy) is 3. The predicted octanol–water partition coefficient (Wildman–Crippen LogP) is 5.08. The zero-order chi connectivity index (χ0) is 22.1. The third kappa shape index (κ3) is 3.78. The average molecular weight is 431 g/mol. The Kier molecular flexibility index (Phi) is 5.45. The predicted molar refractivity (Wildman–Crippen MR) is 123 cm³/mol. The maximum Gasteiger partial charge on any atom is 0.176 e. The van der Waals surface area contributed by atoms with Gasteiger partial charge in [0.1, 0.15) is 5.76 Å². The van der Waals surface area contributed by atoms with Gasteiger partial charge in [-0.2, -0.15) is 0 Å². The van der Waals surface area contributed by atoms with Crippen LogP contribution in [0.15, 0.2) is 59.3 Å². The lowest BCUT2D eigenvalue weighted by molar-refractivity contribution is 0.244. The van der Waals surface area contributed by atoms with Crippen molar-refractivity contribution in [2.24, 2.45) is 0 Å². The second-order valence-corrected chi connectivity index (χ2v) is 8.00. The number of methoxy groups -OCH3 is 3. The van der Waals surface area contributed by atoms with E-state index >= 15 is 0 Å². The molecule has 0 atom stereocenters. The van der Waals surface area contributed by atoms with E-state index in [4.69, 9.17) is 18.6 Å². The molecule has 2 aromatic heterocycles. The van der Waals surface area contributed by atoms with E-state index in [0.717, 1.165) is 65.6 Å². The van der Waals surface area contributed by atoms with Gasteiger partial charge in [-0.25, -0.2) is 0 Å². The van der Waals surface area contributed by atoms with E-state index in [0.29, 0.717) is 0 Å². The minimum atomic E-state index is 0.752. The van der Waals surface area contributed by atoms with Gasteiger partial charge in [-0.3, -0.25) is 9.88 Å². The molecular formula is C26H26N2O4. The van der Waals surface area contributed by atoms with Crippen molar-refractivity contribution in [1.82, 2.24) is 9.88 Å². The van der Waals surface area contributed by atoms with Crippen LogP contribution in [0.1, 0.15) is 16.7 Å². The van der Waals surface area contributed by atoms with Gasteiger partial charge >= 0.3 is 0 Å². The third-order valence-electron chi connectivity index (χ3n) is 6.03. The summed E-state index contributed by atoms with van der Waals surface area (Å²) in [5.74, 6) is 3.13. The number of rotatable bonds is 6. The third-order valence-corrected chi connectivity index (χ3v) is 6.03. The van der Waals surface area contributed by atoms with Crippen molar-refractivity contribution in [2.45, 2.75) is 19.5 Å². The molecule has 0 aliphatic carbocycles. The van der Waals surface area contributed by atoms with E-state index in [1.807, 2.05) is 12.1 Å². The van der Waals surface area contributed by atoms with E-state index in [2.05, 4.69) is 40.2 Å². The quantitative estimate of drug-likeness (QED) is 0.425. The summed E-state index contributed by atoms with van der Waals surface area (Å²) in [7, 11) is 5.04. The van der Waals surface area contributed by atoms with Crippen LogP contribution >= 0.6 is 0 Å². The standard InChI is InChI=1S/C26H26N2O4/c1-29-23-12-19-6-9-28(16-21(19)14-24(23)30-2)15-17-10-20-13-22(18-4-7-27-8-5-18)32-26(20)25(11-17)31-3/h4-5,7-8,10-14H,6,9,15-16H2,1-3H3. The molecule has 164 valence electrons. The normalized spacial score (nSPS) is 13.7. The van der Waals surface area contributed by atoms with Crippen LogP contribution in [0.5, 0.6) is 17.2 Å². The molecular weight excluding hydrogens is 404 g/mol. The molecule has 0 bridgehead atoms. The van der Waals surface area contributed by atoms with E-state index in [1.54, 1.807) is 33.7 Å². The molecule has 4 aromatic rings. The minimum absolute atomic E-state index is 0.752. The summed E-state index contributed by atoms with van der Waals surface area (Å²) in [5.41, 5.74) is 5.56. The SMILES string of the molecule is COc1cc2c(cc1OC)CN(Cc1cc(OC)c3oc(-c4ccncc4)cc3c1)CC2. The monoisotopic (exact) mass is 430 g/mol. The molecule has 6 nitrogen and oxygen atoms in total. The highest BCUT2D eigenvalue weighted by atomic mass is 16.5. The number of hydrogen-bond donors (Lipinski definition) is 0. The molecule has 3 heterocycles. The first kappa shape index (κ1) is 20.4. The molecule has 0 saturated carbocycles. The van der Waals surface area contributed by atoms with Crippen molar-refractivity contribution in [3.63, 3.8) is 0 Å². The Bertz CT molecular complexity index is 1250. The Balaban J connectivity index is 1.42. The molecule has 5 rings (SSSR count). The number of aromatic nitrogens is 1. The summed E-state index contributed by atoms with van der Waals surface area (Å²) in [6, 6.07) is 14.4. The molecule has 6 heteroatoms. The minimum Gasteiger partial charge on any atom is -0.493 e. The summed E-state index contributed by atoms with van der Waals surface area (Å²) in [4.78, 5) is 6.53. The highest BCUT2D eigenvalue weighted by Crippen LogP contribution is 2.36. The van der Waals surface area contributed by atoms with Gasteiger partial charge < -0.3 is 18.6 Å². The van der Waals surface area contributed by atoms with Crippen molar-refractivity contribution in [1.29, 1.82) is 0 Å². The van der Waals surface area contributed by atoms with E-state index in [1.165, 1.54) is 16.7 Å². The van der Waals surface area contributed by atoms with Crippen molar-refractivity contribution < 1.29 is 18.6 Å². The lowest BCUT2D eigenvalue weighted by atomic mass is 9.98. The molecule has 0 N–H and O–H groups in total. The Morgan fingerprint density at radius 2 is 1.59 bits per heavy atom. The van der Waals surface area contributed by atoms with Crippen molar-refractivity contribution in [2.75, 3.05) is 27.9 Å². The Morgan fingerprint density at radius 1 is 0.875 bits per heavy atom. The lowest BCUT2D eigenvalue weighted by Gasteiger charge is -2.29. The van der Waals surface area contributed by atoms with Gasteiger partial charge in [0.2, 0.25) is 0 Å². The van der Waals surface area contributed by atoms with Gasteiger partial charge in [0, 0.05) is 43.0 Å². The number of furan rings is 1. The summed E-state index contributed by atoms with van der Waals surface area (Å²) in [5, 5.41) is 1.04. The van der Waals surface area contributed by atoms with Gasteiger partial charge in [0.05, 0.1) is 21.3 Å². The fraction of sp³-hybridized carbons (Fsp3) is 0.269. The molecule has 32 heavy (non-hydrogen) atoms. The number of hydrogen-bond acceptors (Lipinski definition) is 6. The maximum absolute atomic E-state index is 6.12. The molecule has 0 radical (unpaired) electrons. The smallest absolute Gasteiger partial charge is 0.176 e. The maximum atomic E-state index is 6.12. The van der Waals surface area contributed by atoms with Crippen LogP contribution in [0.2, 0.25) is 0 Å². The highest BCUT2D eigenvalue weighted by molar-refractivity contribution is 5.88. The van der Waals surface area contributed by atoms with Crippen LogP contribution in [0.3, 0.4) is 0 Å². The van der Waals surface area contributed by atoms with Crippen molar-refractivity contribution >= 4 is 11.0 Å². The van der Waals surface area contributed by atoms with Crippen LogP contribution in [0.25, 0.3) is 22.3 Å². The van der Waals surface area contributed by atoms with Crippen LogP contribution < -0.4 is 14.2 Å². The Hall–Kier alpha value is -3.51. The molecule has 0 fully saturated rings. The summed E-state index contributed by atoms with van der Waals surface area (Å²) < 4.78 is 22.7. The molecule has 2 aromatic carbocycles. The first-order chi connectivity index (χ1) is 15.7. The first-order valence-corrected chi connectivity index (χ1v) is 10.7. The first-order valence-electron chi connectivity index (χ1n) is 10.7. The highest BCUT2D eigenvalue weighted by Gasteiger charge is 2.21. The summed E-state index contributed by atoms with van der Waals surface area (Å²) >= 11 is 0. The van der Waals surface area contributed by atoms with Gasteiger partial charge in [0.15, 0.2) is 22.8 Å². The second kappa shape index (κ2) is 8.55. The fourth-order valence-electron chi connectivity index (χ4n) is 4.42. The van der Waals surface area contributed by atoms with E-state index in [9.17, 15) is 0 Å². The average Bonchev–Trinajstić information content (AvgIpc) is 3.27.